The third-order valence-electron chi connectivity index (χ3n) is 2.87. The predicted molar refractivity (Wildman–Crippen MR) is 75.6 cm³/mol. The summed E-state index contributed by atoms with van der Waals surface area (Å²) < 4.78 is 5.34. The van der Waals surface area contributed by atoms with Gasteiger partial charge in [0.15, 0.2) is 6.61 Å². The molecule has 2 N–H and O–H groups in total. The summed E-state index contributed by atoms with van der Waals surface area (Å²) in [5.74, 6) is 0.552. The first-order valence-electron chi connectivity index (χ1n) is 6.62. The molecule has 1 amide bonds. The van der Waals surface area contributed by atoms with Crippen molar-refractivity contribution in [1.29, 1.82) is 0 Å². The maximum atomic E-state index is 11.5. The molecule has 1 aromatic carbocycles. The zero-order valence-electron chi connectivity index (χ0n) is 10.8. The van der Waals surface area contributed by atoms with Gasteiger partial charge in [-0.15, -0.1) is 0 Å². The van der Waals surface area contributed by atoms with Crippen LogP contribution in [-0.2, 0) is 4.79 Å². The van der Waals surface area contributed by atoms with Crippen LogP contribution in [-0.4, -0.2) is 31.6 Å². The van der Waals surface area contributed by atoms with Crippen LogP contribution >= 0.6 is 11.6 Å². The molecule has 1 aliphatic carbocycles. The minimum atomic E-state index is -0.0960. The zero-order chi connectivity index (χ0) is 13.5. The predicted octanol–water partition coefficient (Wildman–Crippen LogP) is 1.98. The van der Waals surface area contributed by atoms with E-state index in [0.29, 0.717) is 17.3 Å². The van der Waals surface area contributed by atoms with E-state index < -0.39 is 0 Å². The standard InChI is InChI=1S/C14H19ClN2O2/c15-11-2-6-13(7-3-11)19-10-14(18)17-9-1-8-16-12-4-5-12/h2-3,6-7,12,16H,1,4-5,8-10H2,(H,17,18). The molecule has 1 aromatic rings. The van der Waals surface area contributed by atoms with Crippen LogP contribution in [0.5, 0.6) is 5.75 Å². The van der Waals surface area contributed by atoms with Gasteiger partial charge in [-0.3, -0.25) is 4.79 Å². The Kier molecular flexibility index (Phi) is 5.48. The summed E-state index contributed by atoms with van der Waals surface area (Å²) >= 11 is 5.76. The number of halogens is 1. The van der Waals surface area contributed by atoms with Crippen molar-refractivity contribution in [3.05, 3.63) is 29.3 Å². The molecule has 0 radical (unpaired) electrons. The Balaban J connectivity index is 1.52. The summed E-state index contributed by atoms with van der Waals surface area (Å²) in [6, 6.07) is 7.69. The molecule has 19 heavy (non-hydrogen) atoms. The molecule has 5 heteroatoms. The molecule has 0 unspecified atom stereocenters. The second-order valence-corrected chi connectivity index (χ2v) is 5.11. The van der Waals surface area contributed by atoms with Crippen molar-refractivity contribution in [3.8, 4) is 5.75 Å². The molecule has 1 aliphatic rings. The van der Waals surface area contributed by atoms with Gasteiger partial charge >= 0.3 is 0 Å². The van der Waals surface area contributed by atoms with Crippen molar-refractivity contribution in [1.82, 2.24) is 10.6 Å². The van der Waals surface area contributed by atoms with Crippen LogP contribution in [0.4, 0.5) is 0 Å². The fraction of sp³-hybridized carbons (Fsp3) is 0.500. The number of nitrogens with one attached hydrogen (secondary N) is 2. The van der Waals surface area contributed by atoms with E-state index in [1.165, 1.54) is 12.8 Å². The molecule has 1 saturated carbocycles. The van der Waals surface area contributed by atoms with Gasteiger partial charge in [0.25, 0.3) is 5.91 Å². The number of hydrogen-bond acceptors (Lipinski definition) is 3. The number of carbonyl (C=O) groups is 1. The van der Waals surface area contributed by atoms with E-state index in [1.54, 1.807) is 24.3 Å². The van der Waals surface area contributed by atoms with Crippen LogP contribution in [0.1, 0.15) is 19.3 Å². The molecule has 4 nitrogen and oxygen atoms in total. The quantitative estimate of drug-likeness (QED) is 0.717. The van der Waals surface area contributed by atoms with Gasteiger partial charge in [-0.1, -0.05) is 11.6 Å². The molecule has 0 aliphatic heterocycles. The first kappa shape index (κ1) is 14.2. The first-order valence-corrected chi connectivity index (χ1v) is 7.00. The number of rotatable bonds is 8. The van der Waals surface area contributed by atoms with Crippen molar-refractivity contribution in [2.24, 2.45) is 0 Å². The minimum Gasteiger partial charge on any atom is -0.484 e. The van der Waals surface area contributed by atoms with E-state index >= 15 is 0 Å². The van der Waals surface area contributed by atoms with Crippen molar-refractivity contribution >= 4 is 17.5 Å². The summed E-state index contributed by atoms with van der Waals surface area (Å²) in [5.41, 5.74) is 0. The molecule has 1 fully saturated rings. The number of hydrogen-bond donors (Lipinski definition) is 2. The van der Waals surface area contributed by atoms with Gasteiger partial charge in [0.1, 0.15) is 5.75 Å². The fourth-order valence-electron chi connectivity index (χ4n) is 1.64. The summed E-state index contributed by atoms with van der Waals surface area (Å²) in [6.07, 6.45) is 3.53. The Morgan fingerprint density at radius 2 is 2.00 bits per heavy atom. The van der Waals surface area contributed by atoms with Gasteiger partial charge in [-0.25, -0.2) is 0 Å². The van der Waals surface area contributed by atoms with E-state index in [9.17, 15) is 4.79 Å². The first-order chi connectivity index (χ1) is 9.24. The van der Waals surface area contributed by atoms with E-state index in [1.807, 2.05) is 0 Å². The van der Waals surface area contributed by atoms with Crippen molar-refractivity contribution < 1.29 is 9.53 Å². The lowest BCUT2D eigenvalue weighted by molar-refractivity contribution is -0.123. The molecule has 104 valence electrons. The van der Waals surface area contributed by atoms with E-state index in [4.69, 9.17) is 16.3 Å². The Hall–Kier alpha value is -1.26. The maximum Gasteiger partial charge on any atom is 0.257 e. The van der Waals surface area contributed by atoms with Crippen molar-refractivity contribution in [2.75, 3.05) is 19.7 Å². The van der Waals surface area contributed by atoms with Crippen LogP contribution in [0.15, 0.2) is 24.3 Å². The normalized spacial score (nSPS) is 14.2. The highest BCUT2D eigenvalue weighted by Gasteiger charge is 2.19. The van der Waals surface area contributed by atoms with E-state index in [0.717, 1.165) is 19.0 Å². The highest BCUT2D eigenvalue weighted by atomic mass is 35.5. The second-order valence-electron chi connectivity index (χ2n) is 4.67. The van der Waals surface area contributed by atoms with Gasteiger partial charge in [0.05, 0.1) is 0 Å². The molecule has 0 atom stereocenters. The Morgan fingerprint density at radius 3 is 2.68 bits per heavy atom. The van der Waals surface area contributed by atoms with Gasteiger partial charge in [-0.05, 0) is 50.1 Å². The Labute approximate surface area is 118 Å². The summed E-state index contributed by atoms with van der Waals surface area (Å²) in [5, 5.41) is 6.88. The lowest BCUT2D eigenvalue weighted by Crippen LogP contribution is -2.31. The Morgan fingerprint density at radius 1 is 1.26 bits per heavy atom. The number of ether oxygens (including phenoxy) is 1. The lowest BCUT2D eigenvalue weighted by Gasteiger charge is -2.07. The average Bonchev–Trinajstić information content (AvgIpc) is 3.22. The molecule has 0 spiro atoms. The summed E-state index contributed by atoms with van der Waals surface area (Å²) in [4.78, 5) is 11.5. The summed E-state index contributed by atoms with van der Waals surface area (Å²) in [7, 11) is 0. The molecule has 0 heterocycles. The third kappa shape index (κ3) is 5.94. The topological polar surface area (TPSA) is 50.4 Å². The fourth-order valence-corrected chi connectivity index (χ4v) is 1.77. The number of carbonyl (C=O) groups excluding carboxylic acids is 1. The highest BCUT2D eigenvalue weighted by Crippen LogP contribution is 2.18. The van der Waals surface area contributed by atoms with Gasteiger partial charge in [0, 0.05) is 17.6 Å². The molecule has 2 rings (SSSR count). The second kappa shape index (κ2) is 7.36. The molecule has 0 saturated heterocycles. The number of amides is 1. The van der Waals surface area contributed by atoms with Crippen LogP contribution in [0.25, 0.3) is 0 Å². The number of benzene rings is 1. The van der Waals surface area contributed by atoms with Crippen LogP contribution in [0.2, 0.25) is 5.02 Å². The van der Waals surface area contributed by atoms with Gasteiger partial charge in [0.2, 0.25) is 0 Å². The van der Waals surface area contributed by atoms with E-state index in [2.05, 4.69) is 10.6 Å². The minimum absolute atomic E-state index is 0.0394. The van der Waals surface area contributed by atoms with Crippen LogP contribution in [0.3, 0.4) is 0 Å². The molecule has 0 aromatic heterocycles. The molecular weight excluding hydrogens is 264 g/mol. The Bertz CT molecular complexity index is 404. The third-order valence-corrected chi connectivity index (χ3v) is 3.12. The largest absolute Gasteiger partial charge is 0.484 e. The van der Waals surface area contributed by atoms with Gasteiger partial charge < -0.3 is 15.4 Å². The van der Waals surface area contributed by atoms with Crippen LogP contribution in [0, 0.1) is 0 Å². The molecular formula is C14H19ClN2O2. The maximum absolute atomic E-state index is 11.5. The van der Waals surface area contributed by atoms with Gasteiger partial charge in [-0.2, -0.15) is 0 Å². The highest BCUT2D eigenvalue weighted by molar-refractivity contribution is 6.30. The zero-order valence-corrected chi connectivity index (χ0v) is 11.6. The van der Waals surface area contributed by atoms with Crippen molar-refractivity contribution in [2.45, 2.75) is 25.3 Å². The lowest BCUT2D eigenvalue weighted by atomic mass is 10.3. The monoisotopic (exact) mass is 282 g/mol. The average molecular weight is 283 g/mol. The SMILES string of the molecule is O=C(COc1ccc(Cl)cc1)NCCCNC1CC1. The van der Waals surface area contributed by atoms with Crippen molar-refractivity contribution in [3.63, 3.8) is 0 Å². The summed E-state index contributed by atoms with van der Waals surface area (Å²) in [6.45, 7) is 1.68. The molecule has 0 bridgehead atoms. The smallest absolute Gasteiger partial charge is 0.257 e. The van der Waals surface area contributed by atoms with E-state index in [-0.39, 0.29) is 12.5 Å². The van der Waals surface area contributed by atoms with Crippen LogP contribution < -0.4 is 15.4 Å².